The zero-order valence-corrected chi connectivity index (χ0v) is 23.9. The molecule has 2 amide bonds. The summed E-state index contributed by atoms with van der Waals surface area (Å²) in [5.74, 6) is -1.73. The van der Waals surface area contributed by atoms with Gasteiger partial charge in [0.05, 0.1) is 12.7 Å². The van der Waals surface area contributed by atoms with Crippen LogP contribution in [0.1, 0.15) is 52.2 Å². The average Bonchev–Trinajstić information content (AvgIpc) is 3.20. The Morgan fingerprint density at radius 2 is 1.73 bits per heavy atom. The third-order valence-corrected chi connectivity index (χ3v) is 8.05. The van der Waals surface area contributed by atoms with Crippen molar-refractivity contribution in [3.8, 4) is 0 Å². The number of carbonyl (C=O) groups excluding carboxylic acids is 4. The fourth-order valence-electron chi connectivity index (χ4n) is 5.69. The van der Waals surface area contributed by atoms with Crippen LogP contribution in [-0.2, 0) is 27.3 Å². The third-order valence-electron chi connectivity index (χ3n) is 8.05. The molecule has 1 unspecified atom stereocenters. The molecule has 0 bridgehead atoms. The first-order valence-corrected chi connectivity index (χ1v) is 13.4. The van der Waals surface area contributed by atoms with Crippen molar-refractivity contribution in [1.82, 2.24) is 14.4 Å². The summed E-state index contributed by atoms with van der Waals surface area (Å²) >= 11 is 0. The van der Waals surface area contributed by atoms with Crippen LogP contribution in [0.3, 0.4) is 0 Å². The molecule has 9 heteroatoms. The summed E-state index contributed by atoms with van der Waals surface area (Å²) in [5, 5.41) is 0.511. The van der Waals surface area contributed by atoms with Gasteiger partial charge in [0.25, 0.3) is 11.8 Å². The topological polar surface area (TPSA) is 88.9 Å². The Morgan fingerprint density at radius 3 is 2.35 bits per heavy atom. The molecule has 1 aliphatic rings. The fraction of sp³-hybridized carbons (Fsp3) is 0.419. The summed E-state index contributed by atoms with van der Waals surface area (Å²) in [4.78, 5) is 54.7. The van der Waals surface area contributed by atoms with Crippen LogP contribution in [0.4, 0.5) is 4.39 Å². The van der Waals surface area contributed by atoms with Gasteiger partial charge in [-0.3, -0.25) is 19.2 Å². The van der Waals surface area contributed by atoms with E-state index in [0.717, 1.165) is 18.4 Å². The lowest BCUT2D eigenvalue weighted by atomic mass is 9.79. The summed E-state index contributed by atoms with van der Waals surface area (Å²) in [6.07, 6.45) is 1.59. The van der Waals surface area contributed by atoms with E-state index in [1.54, 1.807) is 29.7 Å². The van der Waals surface area contributed by atoms with E-state index in [-0.39, 0.29) is 35.8 Å². The predicted molar refractivity (Wildman–Crippen MR) is 150 cm³/mol. The number of fused-ring (bicyclic) bond motifs is 1. The molecule has 3 atom stereocenters. The minimum Gasteiger partial charge on any atom is -0.468 e. The number of rotatable bonds is 7. The molecule has 0 N–H and O–H groups in total. The molecule has 40 heavy (non-hydrogen) atoms. The summed E-state index contributed by atoms with van der Waals surface area (Å²) in [6, 6.07) is 11.3. The Labute approximate surface area is 233 Å². The van der Waals surface area contributed by atoms with Gasteiger partial charge < -0.3 is 19.1 Å². The number of ether oxygens (including phenoxy) is 1. The van der Waals surface area contributed by atoms with Gasteiger partial charge in [0.2, 0.25) is 5.78 Å². The number of likely N-dealkylation sites (tertiary alicyclic amines) is 1. The maximum atomic E-state index is 14.2. The standard InChI is InChI=1S/C31H36FN3O5/c1-18-16-34(19(2)13-23(18)14-21-7-10-24(32)11-8-21)30(38)28-20(3)35(17-27(36)40-6)26-12-9-22(15-25(26)28)29(37)31(39)33(4)5/h7-12,15,18-19,23H,13-14,16-17H2,1-6H3/t18-,19+,23?/m0/s1. The van der Waals surface area contributed by atoms with E-state index in [4.69, 9.17) is 4.74 Å². The van der Waals surface area contributed by atoms with Crippen molar-refractivity contribution in [3.05, 3.63) is 70.7 Å². The zero-order chi connectivity index (χ0) is 29.3. The van der Waals surface area contributed by atoms with E-state index in [9.17, 15) is 23.6 Å². The first-order valence-electron chi connectivity index (χ1n) is 13.4. The number of benzene rings is 2. The molecule has 4 rings (SSSR count). The van der Waals surface area contributed by atoms with Crippen LogP contribution in [0.15, 0.2) is 42.5 Å². The first kappa shape index (κ1) is 29.0. The van der Waals surface area contributed by atoms with Crippen LogP contribution < -0.4 is 0 Å². The molecule has 3 aromatic rings. The van der Waals surface area contributed by atoms with Gasteiger partial charge >= 0.3 is 5.97 Å². The van der Waals surface area contributed by atoms with Crippen LogP contribution in [-0.4, -0.2) is 71.7 Å². The Hall–Kier alpha value is -4.01. The second-order valence-corrected chi connectivity index (χ2v) is 11.0. The molecule has 1 aliphatic heterocycles. The maximum Gasteiger partial charge on any atom is 0.325 e. The van der Waals surface area contributed by atoms with E-state index in [2.05, 4.69) is 6.92 Å². The molecule has 1 aromatic heterocycles. The zero-order valence-electron chi connectivity index (χ0n) is 23.9. The molecule has 1 fully saturated rings. The Bertz CT molecular complexity index is 1460. The Morgan fingerprint density at radius 1 is 1.05 bits per heavy atom. The van der Waals surface area contributed by atoms with Crippen LogP contribution >= 0.6 is 0 Å². The number of esters is 1. The second-order valence-electron chi connectivity index (χ2n) is 11.0. The highest BCUT2D eigenvalue weighted by atomic mass is 19.1. The SMILES string of the molecule is COC(=O)Cn1c(C)c(C(=O)N2C[C@H](C)C(Cc3ccc(F)cc3)C[C@H]2C)c2cc(C(=O)C(=O)N(C)C)ccc21. The van der Waals surface area contributed by atoms with Crippen LogP contribution in [0.25, 0.3) is 10.9 Å². The largest absolute Gasteiger partial charge is 0.468 e. The molecule has 2 heterocycles. The molecule has 2 aromatic carbocycles. The highest BCUT2D eigenvalue weighted by molar-refractivity contribution is 6.43. The van der Waals surface area contributed by atoms with Gasteiger partial charge in [-0.25, -0.2) is 4.39 Å². The van der Waals surface area contributed by atoms with E-state index in [1.165, 1.54) is 38.2 Å². The van der Waals surface area contributed by atoms with Crippen LogP contribution in [0.2, 0.25) is 0 Å². The number of likely N-dealkylation sites (N-methyl/N-ethyl adjacent to an activating group) is 1. The molecular formula is C31H36FN3O5. The molecule has 212 valence electrons. The van der Waals surface area contributed by atoms with Gasteiger partial charge in [0.1, 0.15) is 12.4 Å². The number of piperidine rings is 1. The van der Waals surface area contributed by atoms with Gasteiger partial charge in [-0.2, -0.15) is 0 Å². The Balaban J connectivity index is 1.70. The summed E-state index contributed by atoms with van der Waals surface area (Å²) < 4.78 is 20.0. The molecule has 8 nitrogen and oxygen atoms in total. The number of hydrogen-bond acceptors (Lipinski definition) is 5. The summed E-state index contributed by atoms with van der Waals surface area (Å²) in [6.45, 7) is 6.36. The van der Waals surface area contributed by atoms with Crippen LogP contribution in [0, 0.1) is 24.6 Å². The number of amides is 2. The smallest absolute Gasteiger partial charge is 0.325 e. The van der Waals surface area contributed by atoms with E-state index >= 15 is 0 Å². The predicted octanol–water partition coefficient (Wildman–Crippen LogP) is 4.26. The molecule has 0 radical (unpaired) electrons. The molecule has 1 saturated heterocycles. The van der Waals surface area contributed by atoms with Gasteiger partial charge in [-0.1, -0.05) is 19.1 Å². The number of halogens is 1. The lowest BCUT2D eigenvalue weighted by Gasteiger charge is -2.42. The van der Waals surface area contributed by atoms with Gasteiger partial charge in [0.15, 0.2) is 0 Å². The highest BCUT2D eigenvalue weighted by Gasteiger charge is 2.36. The number of Topliss-reactive ketones (excluding diaryl/α,β-unsaturated/α-hetero) is 1. The maximum absolute atomic E-state index is 14.2. The summed E-state index contributed by atoms with van der Waals surface area (Å²) in [7, 11) is 4.32. The normalized spacial score (nSPS) is 19.0. The van der Waals surface area contributed by atoms with Gasteiger partial charge in [0, 0.05) is 48.8 Å². The van der Waals surface area contributed by atoms with Crippen molar-refractivity contribution in [2.24, 2.45) is 11.8 Å². The number of aromatic nitrogens is 1. The number of hydrogen-bond donors (Lipinski definition) is 0. The second kappa shape index (κ2) is 11.6. The van der Waals surface area contributed by atoms with E-state index < -0.39 is 17.7 Å². The molecule has 0 aliphatic carbocycles. The minimum absolute atomic E-state index is 0.0623. The van der Waals surface area contributed by atoms with Crippen molar-refractivity contribution >= 4 is 34.5 Å². The third kappa shape index (κ3) is 5.64. The number of ketones is 1. The Kier molecular flexibility index (Phi) is 8.42. The highest BCUT2D eigenvalue weighted by Crippen LogP contribution is 2.34. The first-order chi connectivity index (χ1) is 18.9. The monoisotopic (exact) mass is 549 g/mol. The number of methoxy groups -OCH3 is 1. The molecular weight excluding hydrogens is 513 g/mol. The minimum atomic E-state index is -0.674. The van der Waals surface area contributed by atoms with Crippen molar-refractivity contribution in [3.63, 3.8) is 0 Å². The van der Waals surface area contributed by atoms with Crippen molar-refractivity contribution < 1.29 is 28.3 Å². The summed E-state index contributed by atoms with van der Waals surface area (Å²) in [5.41, 5.74) is 2.84. The van der Waals surface area contributed by atoms with Gasteiger partial charge in [-0.15, -0.1) is 0 Å². The van der Waals surface area contributed by atoms with E-state index in [0.29, 0.717) is 34.6 Å². The quantitative estimate of drug-likeness (QED) is 0.250. The van der Waals surface area contributed by atoms with Gasteiger partial charge in [-0.05, 0) is 74.4 Å². The average molecular weight is 550 g/mol. The fourth-order valence-corrected chi connectivity index (χ4v) is 5.69. The lowest BCUT2D eigenvalue weighted by Crippen LogP contribution is -2.48. The van der Waals surface area contributed by atoms with Crippen molar-refractivity contribution in [2.75, 3.05) is 27.7 Å². The number of carbonyl (C=O) groups is 4. The van der Waals surface area contributed by atoms with Crippen molar-refractivity contribution in [2.45, 2.75) is 46.2 Å². The van der Waals surface area contributed by atoms with Crippen molar-refractivity contribution in [1.29, 1.82) is 0 Å². The van der Waals surface area contributed by atoms with E-state index in [1.807, 2.05) is 24.0 Å². The molecule has 0 saturated carbocycles. The van der Waals surface area contributed by atoms with Crippen LogP contribution in [0.5, 0.6) is 0 Å². The molecule has 0 spiro atoms. The number of nitrogens with zero attached hydrogens (tertiary/aromatic N) is 3. The lowest BCUT2D eigenvalue weighted by molar-refractivity contribution is -0.141.